The van der Waals surface area contributed by atoms with Crippen LogP contribution in [0, 0.1) is 11.8 Å². The van der Waals surface area contributed by atoms with E-state index in [1.807, 2.05) is 20.8 Å². The minimum absolute atomic E-state index is 0.0738. The highest BCUT2D eigenvalue weighted by Gasteiger charge is 2.69. The van der Waals surface area contributed by atoms with Crippen molar-refractivity contribution in [3.8, 4) is 0 Å². The summed E-state index contributed by atoms with van der Waals surface area (Å²) in [4.78, 5) is 16.7. The van der Waals surface area contributed by atoms with Crippen molar-refractivity contribution < 1.29 is 23.1 Å². The molecule has 0 spiro atoms. The normalized spacial score (nSPS) is 45.3. The van der Waals surface area contributed by atoms with Crippen LogP contribution >= 0.6 is 11.8 Å². The van der Waals surface area contributed by atoms with Gasteiger partial charge in [0, 0.05) is 6.42 Å². The first kappa shape index (κ1) is 17.1. The molecule has 3 aliphatic rings. The molecule has 8 heteroatoms. The van der Waals surface area contributed by atoms with Crippen LogP contribution in [0.5, 0.6) is 0 Å². The number of nitrogens with zero attached hydrogens (tertiary/aromatic N) is 1. The summed E-state index contributed by atoms with van der Waals surface area (Å²) >= 11 is 1.28. The molecule has 0 aromatic carbocycles. The first-order valence-corrected chi connectivity index (χ1v) is 8.63. The summed E-state index contributed by atoms with van der Waals surface area (Å²) in [5, 5.41) is 13.2. The minimum Gasteiger partial charge on any atom is -0.380 e. The van der Waals surface area contributed by atoms with Crippen molar-refractivity contribution >= 4 is 22.8 Å². The van der Waals surface area contributed by atoms with E-state index in [4.69, 9.17) is 0 Å². The van der Waals surface area contributed by atoms with Gasteiger partial charge in [-0.05, 0) is 38.0 Å². The van der Waals surface area contributed by atoms with Gasteiger partial charge in [0.1, 0.15) is 4.75 Å². The van der Waals surface area contributed by atoms with Crippen molar-refractivity contribution in [1.82, 2.24) is 5.32 Å². The van der Waals surface area contributed by atoms with Gasteiger partial charge >= 0.3 is 6.18 Å². The van der Waals surface area contributed by atoms with Gasteiger partial charge in [0.15, 0.2) is 10.8 Å². The Morgan fingerprint density at radius 3 is 2.57 bits per heavy atom. The molecule has 1 heterocycles. The number of hydrogen-bond acceptors (Lipinski definition) is 4. The molecule has 23 heavy (non-hydrogen) atoms. The Kier molecular flexibility index (Phi) is 3.62. The number of alkyl halides is 3. The van der Waals surface area contributed by atoms with Crippen LogP contribution in [0.25, 0.3) is 0 Å². The largest absolute Gasteiger partial charge is 0.417 e. The Balaban J connectivity index is 1.86. The smallest absolute Gasteiger partial charge is 0.380 e. The maximum absolute atomic E-state index is 13.2. The summed E-state index contributed by atoms with van der Waals surface area (Å²) in [5.41, 5.74) is -3.56. The van der Waals surface area contributed by atoms with Crippen LogP contribution in [-0.4, -0.2) is 38.2 Å². The minimum atomic E-state index is -4.64. The molecular weight excluding hydrogens is 329 g/mol. The van der Waals surface area contributed by atoms with Crippen LogP contribution in [-0.2, 0) is 4.79 Å². The van der Waals surface area contributed by atoms with Crippen molar-refractivity contribution in [2.45, 2.75) is 68.5 Å². The Labute approximate surface area is 137 Å². The van der Waals surface area contributed by atoms with E-state index in [2.05, 4.69) is 10.3 Å². The molecule has 0 aromatic rings. The maximum atomic E-state index is 13.2. The second-order valence-electron chi connectivity index (χ2n) is 7.50. The number of hydrogen-bond donors (Lipinski definition) is 2. The van der Waals surface area contributed by atoms with Gasteiger partial charge in [0.05, 0.1) is 5.54 Å². The predicted molar refractivity (Wildman–Crippen MR) is 82.1 cm³/mol. The molecule has 2 saturated carbocycles. The summed E-state index contributed by atoms with van der Waals surface area (Å²) in [7, 11) is 0. The van der Waals surface area contributed by atoms with Crippen LogP contribution in [0.1, 0.15) is 46.5 Å². The molecule has 2 N–H and O–H groups in total. The number of aliphatic hydroxyl groups is 1. The highest BCUT2D eigenvalue weighted by atomic mass is 32.2. The number of carbonyl (C=O) groups excluding carboxylic acids is 1. The summed E-state index contributed by atoms with van der Waals surface area (Å²) < 4.78 is 39.0. The summed E-state index contributed by atoms with van der Waals surface area (Å²) in [6.45, 7) is 5.67. The third-order valence-corrected chi connectivity index (χ3v) is 7.24. The fourth-order valence-electron chi connectivity index (χ4n) is 3.93. The molecule has 2 bridgehead atoms. The number of rotatable bonds is 2. The van der Waals surface area contributed by atoms with E-state index < -0.39 is 34.4 Å². The number of aliphatic imine (C=N–C) groups is 1. The Morgan fingerprint density at radius 2 is 2.09 bits per heavy atom. The standard InChI is InChI=1S/C15H21F3N2O2S/c1-8(2)12(3)10(21)19-11(23-12)20-13-5-4-9(6-13)14(22,7-13)15(16,17)18/h8-9,22H,4-7H2,1-3H3,(H,19,20,21). The molecule has 4 nitrogen and oxygen atoms in total. The average Bonchev–Trinajstić information content (AvgIpc) is 3.00. The van der Waals surface area contributed by atoms with E-state index in [9.17, 15) is 23.1 Å². The second kappa shape index (κ2) is 4.88. The lowest BCUT2D eigenvalue weighted by Gasteiger charge is -2.36. The Morgan fingerprint density at radius 1 is 1.43 bits per heavy atom. The second-order valence-corrected chi connectivity index (χ2v) is 8.94. The zero-order chi connectivity index (χ0) is 17.3. The number of nitrogens with one attached hydrogen (secondary N) is 1. The van der Waals surface area contributed by atoms with Crippen molar-refractivity contribution in [2.75, 3.05) is 0 Å². The van der Waals surface area contributed by atoms with Crippen LogP contribution in [0.15, 0.2) is 4.99 Å². The molecular formula is C15H21F3N2O2S. The number of fused-ring (bicyclic) bond motifs is 2. The van der Waals surface area contributed by atoms with E-state index in [1.54, 1.807) is 0 Å². The van der Waals surface area contributed by atoms with Gasteiger partial charge in [-0.1, -0.05) is 25.6 Å². The summed E-state index contributed by atoms with van der Waals surface area (Å²) in [6.07, 6.45) is -3.99. The van der Waals surface area contributed by atoms with Gasteiger partial charge in [-0.3, -0.25) is 9.79 Å². The van der Waals surface area contributed by atoms with E-state index in [0.29, 0.717) is 18.0 Å². The lowest BCUT2D eigenvalue weighted by molar-refractivity contribution is -0.277. The van der Waals surface area contributed by atoms with Crippen LogP contribution in [0.3, 0.4) is 0 Å². The van der Waals surface area contributed by atoms with E-state index >= 15 is 0 Å². The Bertz CT molecular complexity index is 580. The highest BCUT2D eigenvalue weighted by Crippen LogP contribution is 2.60. The van der Waals surface area contributed by atoms with Gasteiger partial charge in [-0.2, -0.15) is 13.2 Å². The molecule has 3 rings (SSSR count). The van der Waals surface area contributed by atoms with Gasteiger partial charge in [0.25, 0.3) is 0 Å². The number of carbonyl (C=O) groups is 1. The van der Waals surface area contributed by atoms with Crippen LogP contribution in [0.4, 0.5) is 13.2 Å². The van der Waals surface area contributed by atoms with Crippen molar-refractivity contribution in [3.63, 3.8) is 0 Å². The van der Waals surface area contributed by atoms with Crippen molar-refractivity contribution in [3.05, 3.63) is 0 Å². The molecule has 0 radical (unpaired) electrons. The SMILES string of the molecule is CC(C)C1(C)SC(=NC23CCC(C2)C(O)(C(F)(F)F)C3)NC1=O. The van der Waals surface area contributed by atoms with Crippen molar-refractivity contribution in [2.24, 2.45) is 16.8 Å². The Hall–Kier alpha value is -0.760. The average molecular weight is 350 g/mol. The van der Waals surface area contributed by atoms with Crippen LogP contribution < -0.4 is 5.32 Å². The first-order valence-electron chi connectivity index (χ1n) is 7.81. The molecule has 1 amide bonds. The third kappa shape index (κ3) is 2.40. The number of halogens is 3. The fraction of sp³-hybridized carbons (Fsp3) is 0.867. The number of amidine groups is 1. The quantitative estimate of drug-likeness (QED) is 0.805. The predicted octanol–water partition coefficient (Wildman–Crippen LogP) is 2.86. The summed E-state index contributed by atoms with van der Waals surface area (Å²) in [5.74, 6) is -0.888. The van der Waals surface area contributed by atoms with Crippen molar-refractivity contribution in [1.29, 1.82) is 0 Å². The molecule has 1 aliphatic heterocycles. The lowest BCUT2D eigenvalue weighted by atomic mass is 9.81. The van der Waals surface area contributed by atoms with Gasteiger partial charge in [0.2, 0.25) is 5.91 Å². The molecule has 4 atom stereocenters. The van der Waals surface area contributed by atoms with E-state index in [1.165, 1.54) is 11.8 Å². The molecule has 2 aliphatic carbocycles. The zero-order valence-electron chi connectivity index (χ0n) is 13.3. The van der Waals surface area contributed by atoms with E-state index in [-0.39, 0.29) is 18.2 Å². The van der Waals surface area contributed by atoms with Gasteiger partial charge < -0.3 is 10.4 Å². The molecule has 130 valence electrons. The van der Waals surface area contributed by atoms with Gasteiger partial charge in [-0.25, -0.2) is 0 Å². The molecule has 3 fully saturated rings. The highest BCUT2D eigenvalue weighted by molar-refractivity contribution is 8.16. The molecule has 0 aromatic heterocycles. The fourth-order valence-corrected chi connectivity index (χ4v) is 5.10. The number of thioether (sulfide) groups is 1. The zero-order valence-corrected chi connectivity index (χ0v) is 14.1. The van der Waals surface area contributed by atoms with Gasteiger partial charge in [-0.15, -0.1) is 0 Å². The summed E-state index contributed by atoms with van der Waals surface area (Å²) in [6, 6.07) is 0. The first-order chi connectivity index (χ1) is 10.4. The topological polar surface area (TPSA) is 61.7 Å². The molecule has 4 unspecified atom stereocenters. The van der Waals surface area contributed by atoms with Crippen LogP contribution in [0.2, 0.25) is 0 Å². The third-order valence-electron chi connectivity index (χ3n) is 5.77. The van der Waals surface area contributed by atoms with E-state index in [0.717, 1.165) is 0 Å². The maximum Gasteiger partial charge on any atom is 0.417 e. The molecule has 1 saturated heterocycles. The number of amides is 1. The lowest BCUT2D eigenvalue weighted by Crippen LogP contribution is -2.51. The monoisotopic (exact) mass is 350 g/mol.